The minimum Gasteiger partial charge on any atom is -0.374 e. The molecule has 3 heteroatoms. The smallest absolute Gasteiger partial charge is 0.0652 e. The van der Waals surface area contributed by atoms with Crippen molar-refractivity contribution in [2.75, 3.05) is 13.2 Å². The summed E-state index contributed by atoms with van der Waals surface area (Å²) in [5.41, 5.74) is 1.32. The van der Waals surface area contributed by atoms with Crippen LogP contribution in [0.5, 0.6) is 0 Å². The van der Waals surface area contributed by atoms with Crippen LogP contribution in [0.4, 0.5) is 0 Å². The molecule has 0 bridgehead atoms. The number of hydrogen-bond donors (Lipinski definition) is 1. The fraction of sp³-hybridized carbons (Fsp3) is 0.765. The van der Waals surface area contributed by atoms with Gasteiger partial charge in [-0.05, 0) is 51.3 Å². The molecule has 0 amide bonds. The summed E-state index contributed by atoms with van der Waals surface area (Å²) in [5.74, 6) is 0.600. The Morgan fingerprint density at radius 3 is 2.55 bits per heavy atom. The van der Waals surface area contributed by atoms with Crippen LogP contribution in [0.2, 0.25) is 0 Å². The van der Waals surface area contributed by atoms with Gasteiger partial charge in [0.25, 0.3) is 0 Å². The van der Waals surface area contributed by atoms with Crippen molar-refractivity contribution in [1.82, 2.24) is 9.88 Å². The number of aromatic nitrogens is 1. The van der Waals surface area contributed by atoms with E-state index in [0.717, 1.165) is 19.7 Å². The number of ether oxygens (including phenoxy) is 1. The molecule has 116 valence electrons. The molecule has 0 aliphatic rings. The van der Waals surface area contributed by atoms with Gasteiger partial charge in [0.1, 0.15) is 0 Å². The van der Waals surface area contributed by atoms with Crippen LogP contribution < -0.4 is 5.32 Å². The maximum absolute atomic E-state index is 5.78. The average Bonchev–Trinajstić information content (AvgIpc) is 2.76. The molecule has 1 rings (SSSR count). The van der Waals surface area contributed by atoms with Crippen molar-refractivity contribution < 1.29 is 4.74 Å². The Morgan fingerprint density at radius 1 is 1.30 bits per heavy atom. The zero-order chi connectivity index (χ0) is 15.2. The first-order valence-electron chi connectivity index (χ1n) is 7.86. The Bertz CT molecular complexity index is 377. The molecular formula is C17H32N2O. The topological polar surface area (TPSA) is 26.2 Å². The highest BCUT2D eigenvalue weighted by Crippen LogP contribution is 2.22. The molecule has 1 heterocycles. The van der Waals surface area contributed by atoms with E-state index < -0.39 is 0 Å². The summed E-state index contributed by atoms with van der Waals surface area (Å²) in [6.45, 7) is 15.8. The van der Waals surface area contributed by atoms with Gasteiger partial charge in [0.15, 0.2) is 0 Å². The van der Waals surface area contributed by atoms with Crippen molar-refractivity contribution in [2.45, 2.75) is 66.2 Å². The number of rotatable bonds is 8. The molecule has 0 radical (unpaired) electrons. The van der Waals surface area contributed by atoms with Crippen molar-refractivity contribution in [3.8, 4) is 0 Å². The largest absolute Gasteiger partial charge is 0.374 e. The molecule has 20 heavy (non-hydrogen) atoms. The first-order valence-corrected chi connectivity index (χ1v) is 7.86. The van der Waals surface area contributed by atoms with Crippen molar-refractivity contribution >= 4 is 0 Å². The second-order valence-corrected chi connectivity index (χ2v) is 6.82. The fourth-order valence-electron chi connectivity index (χ4n) is 2.28. The van der Waals surface area contributed by atoms with Crippen LogP contribution in [0.1, 0.15) is 59.6 Å². The second-order valence-electron chi connectivity index (χ2n) is 6.82. The first-order chi connectivity index (χ1) is 9.33. The van der Waals surface area contributed by atoms with Crippen molar-refractivity contribution in [3.05, 3.63) is 24.0 Å². The Labute approximate surface area is 124 Å². The Hall–Kier alpha value is -0.800. The Kier molecular flexibility index (Phi) is 6.77. The van der Waals surface area contributed by atoms with Gasteiger partial charge >= 0.3 is 0 Å². The summed E-state index contributed by atoms with van der Waals surface area (Å²) in [6, 6.07) is 2.67. The van der Waals surface area contributed by atoms with Gasteiger partial charge in [0, 0.05) is 25.0 Å². The molecule has 0 aliphatic heterocycles. The number of nitrogens with one attached hydrogen (secondary N) is 1. The highest BCUT2D eigenvalue weighted by atomic mass is 16.5. The SMILES string of the molecule is CCCNC(c1ccn(CCOC(C)(C)C)c1)C(C)C. The van der Waals surface area contributed by atoms with Gasteiger partial charge in [-0.15, -0.1) is 0 Å². The van der Waals surface area contributed by atoms with E-state index in [0.29, 0.717) is 12.0 Å². The lowest BCUT2D eigenvalue weighted by Crippen LogP contribution is -2.26. The lowest BCUT2D eigenvalue weighted by Gasteiger charge is -2.21. The molecule has 0 fully saturated rings. The fourth-order valence-corrected chi connectivity index (χ4v) is 2.28. The third kappa shape index (κ3) is 6.10. The third-order valence-electron chi connectivity index (χ3n) is 3.30. The van der Waals surface area contributed by atoms with Crippen LogP contribution in [0, 0.1) is 5.92 Å². The molecule has 0 aliphatic carbocycles. The molecule has 0 saturated carbocycles. The normalized spacial score (nSPS) is 13.9. The second kappa shape index (κ2) is 7.84. The Morgan fingerprint density at radius 2 is 2.00 bits per heavy atom. The molecule has 3 nitrogen and oxygen atoms in total. The molecule has 1 N–H and O–H groups in total. The van der Waals surface area contributed by atoms with E-state index in [4.69, 9.17) is 4.74 Å². The van der Waals surface area contributed by atoms with Gasteiger partial charge in [-0.25, -0.2) is 0 Å². The quantitative estimate of drug-likeness (QED) is 0.779. The van der Waals surface area contributed by atoms with Crippen LogP contribution >= 0.6 is 0 Å². The summed E-state index contributed by atoms with van der Waals surface area (Å²) < 4.78 is 8.01. The summed E-state index contributed by atoms with van der Waals surface area (Å²) in [5, 5.41) is 3.63. The highest BCUT2D eigenvalue weighted by Gasteiger charge is 2.16. The van der Waals surface area contributed by atoms with E-state index in [-0.39, 0.29) is 5.60 Å². The van der Waals surface area contributed by atoms with Crippen molar-refractivity contribution in [1.29, 1.82) is 0 Å². The lowest BCUT2D eigenvalue weighted by atomic mass is 9.98. The van der Waals surface area contributed by atoms with E-state index in [9.17, 15) is 0 Å². The molecule has 0 aromatic carbocycles. The Balaban J connectivity index is 2.55. The maximum Gasteiger partial charge on any atom is 0.0652 e. The molecule has 1 unspecified atom stereocenters. The summed E-state index contributed by atoms with van der Waals surface area (Å²) in [7, 11) is 0. The van der Waals surface area contributed by atoms with Gasteiger partial charge in [0.05, 0.1) is 12.2 Å². The van der Waals surface area contributed by atoms with Gasteiger partial charge in [0.2, 0.25) is 0 Å². The lowest BCUT2D eigenvalue weighted by molar-refractivity contribution is -0.00680. The average molecular weight is 280 g/mol. The van der Waals surface area contributed by atoms with E-state index in [2.05, 4.69) is 69.9 Å². The molecular weight excluding hydrogens is 248 g/mol. The minimum absolute atomic E-state index is 0.0564. The van der Waals surface area contributed by atoms with Crippen molar-refractivity contribution in [2.24, 2.45) is 5.92 Å². The van der Waals surface area contributed by atoms with Gasteiger partial charge in [-0.3, -0.25) is 0 Å². The van der Waals surface area contributed by atoms with Gasteiger partial charge < -0.3 is 14.6 Å². The first kappa shape index (κ1) is 17.3. The van der Waals surface area contributed by atoms with Gasteiger partial charge in [-0.1, -0.05) is 20.8 Å². The monoisotopic (exact) mass is 280 g/mol. The number of nitrogens with zero attached hydrogens (tertiary/aromatic N) is 1. The standard InChI is InChI=1S/C17H32N2O/c1-7-9-18-16(14(2)3)15-8-10-19(13-15)11-12-20-17(4,5)6/h8,10,13-14,16,18H,7,9,11-12H2,1-6H3. The van der Waals surface area contributed by atoms with E-state index >= 15 is 0 Å². The van der Waals surface area contributed by atoms with Crippen LogP contribution in [0.25, 0.3) is 0 Å². The van der Waals surface area contributed by atoms with Crippen LogP contribution in [-0.2, 0) is 11.3 Å². The predicted octanol–water partition coefficient (Wildman–Crippen LogP) is 4.00. The number of hydrogen-bond acceptors (Lipinski definition) is 2. The molecule has 0 saturated heterocycles. The predicted molar refractivity (Wildman–Crippen MR) is 86.0 cm³/mol. The van der Waals surface area contributed by atoms with Crippen LogP contribution in [0.15, 0.2) is 18.5 Å². The van der Waals surface area contributed by atoms with Crippen LogP contribution in [0.3, 0.4) is 0 Å². The highest BCUT2D eigenvalue weighted by molar-refractivity contribution is 5.16. The third-order valence-corrected chi connectivity index (χ3v) is 3.30. The summed E-state index contributed by atoms with van der Waals surface area (Å²) in [4.78, 5) is 0. The van der Waals surface area contributed by atoms with Gasteiger partial charge in [-0.2, -0.15) is 0 Å². The van der Waals surface area contributed by atoms with Crippen molar-refractivity contribution in [3.63, 3.8) is 0 Å². The zero-order valence-corrected chi connectivity index (χ0v) is 14.1. The van der Waals surface area contributed by atoms with Crippen LogP contribution in [-0.4, -0.2) is 23.3 Å². The molecule has 1 aromatic heterocycles. The zero-order valence-electron chi connectivity index (χ0n) is 14.1. The molecule has 1 atom stereocenters. The summed E-state index contributed by atoms with van der Waals surface area (Å²) in [6.07, 6.45) is 5.58. The maximum atomic E-state index is 5.78. The van der Waals surface area contributed by atoms with E-state index in [1.807, 2.05) is 0 Å². The molecule has 0 spiro atoms. The molecule has 1 aromatic rings. The summed E-state index contributed by atoms with van der Waals surface area (Å²) >= 11 is 0. The van der Waals surface area contributed by atoms with E-state index in [1.165, 1.54) is 12.0 Å². The minimum atomic E-state index is -0.0564. The van der Waals surface area contributed by atoms with E-state index in [1.54, 1.807) is 0 Å².